The van der Waals surface area contributed by atoms with Gasteiger partial charge in [-0.2, -0.15) is 0 Å². The first kappa shape index (κ1) is 15.7. The van der Waals surface area contributed by atoms with E-state index in [1.807, 2.05) is 0 Å². The number of carbonyl (C=O) groups is 2. The topological polar surface area (TPSA) is 92.3 Å². The van der Waals surface area contributed by atoms with Gasteiger partial charge < -0.3 is 10.6 Å². The molecule has 0 radical (unpaired) electrons. The zero-order valence-electron chi connectivity index (χ0n) is 11.8. The van der Waals surface area contributed by atoms with Crippen LogP contribution in [0.15, 0.2) is 24.3 Å². The molecule has 2 N–H and O–H groups in total. The second-order valence-corrected chi connectivity index (χ2v) is 7.39. The second-order valence-electron chi connectivity index (χ2n) is 5.16. The number of Topliss-reactive ketones (excluding diaryl/α,β-unsaturated/α-hetero) is 1. The van der Waals surface area contributed by atoms with Gasteiger partial charge in [0.05, 0.1) is 18.1 Å². The molecule has 0 saturated carbocycles. The number of ketones is 1. The third-order valence-corrected chi connectivity index (χ3v) is 5.13. The van der Waals surface area contributed by atoms with Crippen molar-refractivity contribution >= 4 is 27.2 Å². The minimum atomic E-state index is -2.94. The Balaban J connectivity index is 1.81. The fourth-order valence-corrected chi connectivity index (χ4v) is 3.89. The maximum Gasteiger partial charge on any atom is 0.238 e. The fourth-order valence-electron chi connectivity index (χ4n) is 2.19. The van der Waals surface area contributed by atoms with E-state index < -0.39 is 9.84 Å². The smallest absolute Gasteiger partial charge is 0.238 e. The highest BCUT2D eigenvalue weighted by atomic mass is 32.2. The van der Waals surface area contributed by atoms with Crippen molar-refractivity contribution in [2.45, 2.75) is 19.4 Å². The molecule has 1 aromatic rings. The van der Waals surface area contributed by atoms with Gasteiger partial charge in [-0.25, -0.2) is 8.42 Å². The van der Waals surface area contributed by atoms with E-state index in [1.54, 1.807) is 24.3 Å². The summed E-state index contributed by atoms with van der Waals surface area (Å²) in [7, 11) is -2.94. The van der Waals surface area contributed by atoms with E-state index in [4.69, 9.17) is 0 Å². The number of rotatable bonds is 5. The van der Waals surface area contributed by atoms with Crippen LogP contribution in [-0.4, -0.2) is 44.2 Å². The van der Waals surface area contributed by atoms with Crippen LogP contribution in [0.2, 0.25) is 0 Å². The van der Waals surface area contributed by atoms with E-state index in [-0.39, 0.29) is 35.8 Å². The third-order valence-electron chi connectivity index (χ3n) is 3.36. The molecule has 1 aromatic carbocycles. The van der Waals surface area contributed by atoms with Gasteiger partial charge >= 0.3 is 0 Å². The summed E-state index contributed by atoms with van der Waals surface area (Å²) in [5.41, 5.74) is 1.19. The van der Waals surface area contributed by atoms with Crippen LogP contribution in [-0.2, 0) is 14.6 Å². The maximum absolute atomic E-state index is 11.8. The highest BCUT2D eigenvalue weighted by molar-refractivity contribution is 7.91. The maximum atomic E-state index is 11.8. The van der Waals surface area contributed by atoms with Crippen molar-refractivity contribution in [3.63, 3.8) is 0 Å². The van der Waals surface area contributed by atoms with Crippen LogP contribution in [0.4, 0.5) is 5.69 Å². The fraction of sp³-hybridized carbons (Fsp3) is 0.429. The molecule has 1 fully saturated rings. The average Bonchev–Trinajstić information content (AvgIpc) is 2.77. The van der Waals surface area contributed by atoms with Gasteiger partial charge in [-0.3, -0.25) is 9.59 Å². The van der Waals surface area contributed by atoms with Crippen LogP contribution in [0.3, 0.4) is 0 Å². The van der Waals surface area contributed by atoms with Crippen molar-refractivity contribution in [2.75, 3.05) is 23.4 Å². The predicted octanol–water partition coefficient (Wildman–Crippen LogP) is 0.604. The minimum absolute atomic E-state index is 0.0306. The Hall–Kier alpha value is -1.73. The summed E-state index contributed by atoms with van der Waals surface area (Å²) in [5.74, 6) is -0.00121. The number of hydrogen-bond acceptors (Lipinski definition) is 5. The summed E-state index contributed by atoms with van der Waals surface area (Å²) in [6, 6.07) is 6.47. The summed E-state index contributed by atoms with van der Waals surface area (Å²) < 4.78 is 22.6. The Morgan fingerprint density at radius 3 is 2.43 bits per heavy atom. The van der Waals surface area contributed by atoms with Gasteiger partial charge in [0.15, 0.2) is 15.6 Å². The molecule has 1 aliphatic rings. The molecule has 7 heteroatoms. The average molecular weight is 310 g/mol. The largest absolute Gasteiger partial charge is 0.325 e. The first-order valence-corrected chi connectivity index (χ1v) is 8.52. The molecular weight excluding hydrogens is 292 g/mol. The van der Waals surface area contributed by atoms with E-state index in [0.29, 0.717) is 17.7 Å². The molecule has 1 atom stereocenters. The van der Waals surface area contributed by atoms with Crippen LogP contribution >= 0.6 is 0 Å². The van der Waals surface area contributed by atoms with Crippen LogP contribution < -0.4 is 10.6 Å². The van der Waals surface area contributed by atoms with Crippen molar-refractivity contribution in [2.24, 2.45) is 0 Å². The molecule has 0 aliphatic carbocycles. The van der Waals surface area contributed by atoms with E-state index in [1.165, 1.54) is 6.92 Å². The number of carbonyl (C=O) groups excluding carboxylic acids is 2. The number of sulfone groups is 1. The Labute approximate surface area is 123 Å². The monoisotopic (exact) mass is 310 g/mol. The lowest BCUT2D eigenvalue weighted by Crippen LogP contribution is -2.36. The molecule has 21 heavy (non-hydrogen) atoms. The summed E-state index contributed by atoms with van der Waals surface area (Å²) in [6.07, 6.45) is 0.545. The molecular formula is C14H18N2O4S. The predicted molar refractivity (Wildman–Crippen MR) is 80.1 cm³/mol. The standard InChI is InChI=1S/C14H18N2O4S/c1-10(17)11-2-4-12(5-3-11)16-14(18)8-15-13-6-7-21(19,20)9-13/h2-5,13,15H,6-9H2,1H3,(H,16,18). The summed E-state index contributed by atoms with van der Waals surface area (Å²) in [6.45, 7) is 1.54. The van der Waals surface area contributed by atoms with E-state index in [2.05, 4.69) is 10.6 Å². The normalized spacial score (nSPS) is 20.1. The molecule has 1 aliphatic heterocycles. The first-order chi connectivity index (χ1) is 9.85. The number of amides is 1. The highest BCUT2D eigenvalue weighted by Crippen LogP contribution is 2.12. The van der Waals surface area contributed by atoms with E-state index in [0.717, 1.165) is 0 Å². The SMILES string of the molecule is CC(=O)c1ccc(NC(=O)CNC2CCS(=O)(=O)C2)cc1. The molecule has 1 saturated heterocycles. The number of benzene rings is 1. The quantitative estimate of drug-likeness (QED) is 0.777. The van der Waals surface area contributed by atoms with Crippen LogP contribution in [0.5, 0.6) is 0 Å². The lowest BCUT2D eigenvalue weighted by atomic mass is 10.1. The van der Waals surface area contributed by atoms with Crippen LogP contribution in [0.1, 0.15) is 23.7 Å². The van der Waals surface area contributed by atoms with Crippen molar-refractivity contribution < 1.29 is 18.0 Å². The molecule has 1 unspecified atom stereocenters. The Morgan fingerprint density at radius 1 is 1.24 bits per heavy atom. The minimum Gasteiger partial charge on any atom is -0.325 e. The van der Waals surface area contributed by atoms with Crippen molar-refractivity contribution in [1.29, 1.82) is 0 Å². The molecule has 6 nitrogen and oxygen atoms in total. The Morgan fingerprint density at radius 2 is 1.90 bits per heavy atom. The van der Waals surface area contributed by atoms with Gasteiger partial charge in [0.1, 0.15) is 0 Å². The lowest BCUT2D eigenvalue weighted by Gasteiger charge is -2.11. The lowest BCUT2D eigenvalue weighted by molar-refractivity contribution is -0.115. The van der Waals surface area contributed by atoms with Crippen LogP contribution in [0, 0.1) is 0 Å². The first-order valence-electron chi connectivity index (χ1n) is 6.70. The second kappa shape index (κ2) is 6.36. The van der Waals surface area contributed by atoms with E-state index in [9.17, 15) is 18.0 Å². The number of hydrogen-bond donors (Lipinski definition) is 2. The third kappa shape index (κ3) is 4.64. The van der Waals surface area contributed by atoms with Gasteiger partial charge in [-0.05, 0) is 37.6 Å². The number of anilines is 1. The summed E-state index contributed by atoms with van der Waals surface area (Å²) >= 11 is 0. The molecule has 1 heterocycles. The zero-order chi connectivity index (χ0) is 15.5. The van der Waals surface area contributed by atoms with Gasteiger partial charge in [0.25, 0.3) is 0 Å². The summed E-state index contributed by atoms with van der Waals surface area (Å²) in [4.78, 5) is 22.9. The van der Waals surface area contributed by atoms with Gasteiger partial charge in [-0.15, -0.1) is 0 Å². The summed E-state index contributed by atoms with van der Waals surface area (Å²) in [5, 5.41) is 5.63. The number of nitrogens with one attached hydrogen (secondary N) is 2. The van der Waals surface area contributed by atoms with Crippen LogP contribution in [0.25, 0.3) is 0 Å². The Kier molecular flexibility index (Phi) is 4.74. The van der Waals surface area contributed by atoms with Crippen molar-refractivity contribution in [3.05, 3.63) is 29.8 Å². The molecule has 0 aromatic heterocycles. The van der Waals surface area contributed by atoms with Gasteiger partial charge in [0.2, 0.25) is 5.91 Å². The zero-order valence-corrected chi connectivity index (χ0v) is 12.6. The van der Waals surface area contributed by atoms with E-state index >= 15 is 0 Å². The highest BCUT2D eigenvalue weighted by Gasteiger charge is 2.27. The van der Waals surface area contributed by atoms with Gasteiger partial charge in [0, 0.05) is 17.3 Å². The molecule has 2 rings (SSSR count). The van der Waals surface area contributed by atoms with Crippen molar-refractivity contribution in [3.8, 4) is 0 Å². The molecule has 0 bridgehead atoms. The Bertz CT molecular complexity index is 637. The molecule has 1 amide bonds. The molecule has 0 spiro atoms. The van der Waals surface area contributed by atoms with Crippen molar-refractivity contribution in [1.82, 2.24) is 5.32 Å². The van der Waals surface area contributed by atoms with Gasteiger partial charge in [-0.1, -0.05) is 0 Å². The molecule has 114 valence electrons.